The first-order valence-corrected chi connectivity index (χ1v) is 6.04. The van der Waals surface area contributed by atoms with E-state index in [9.17, 15) is 5.11 Å². The van der Waals surface area contributed by atoms with Gasteiger partial charge in [0.05, 0.1) is 11.3 Å². The van der Waals surface area contributed by atoms with Gasteiger partial charge in [0.2, 0.25) is 0 Å². The van der Waals surface area contributed by atoms with Crippen LogP contribution in [0.2, 0.25) is 0 Å². The molecule has 0 aliphatic carbocycles. The van der Waals surface area contributed by atoms with Gasteiger partial charge in [-0.3, -0.25) is 0 Å². The normalized spacial score (nSPS) is 15.3. The highest BCUT2D eigenvalue weighted by Crippen LogP contribution is 2.23. The predicted molar refractivity (Wildman–Crippen MR) is 71.6 cm³/mol. The van der Waals surface area contributed by atoms with Crippen LogP contribution in [-0.4, -0.2) is 28.2 Å². The molecule has 100 valence electrons. The number of ether oxygens (including phenoxy) is 1. The lowest BCUT2D eigenvalue weighted by atomic mass is 10.0. The molecule has 0 aromatic heterocycles. The second kappa shape index (κ2) is 5.87. The van der Waals surface area contributed by atoms with E-state index >= 15 is 0 Å². The molecule has 1 unspecified atom stereocenters. The molecule has 18 heavy (non-hydrogen) atoms. The minimum absolute atomic E-state index is 0.207. The molecule has 0 fully saturated rings. The Hall–Kier alpha value is -1.55. The average molecular weight is 251 g/mol. The molecular weight excluding hydrogens is 230 g/mol. The van der Waals surface area contributed by atoms with Gasteiger partial charge in [0.25, 0.3) is 0 Å². The van der Waals surface area contributed by atoms with Crippen LogP contribution in [0.1, 0.15) is 38.3 Å². The quantitative estimate of drug-likeness (QED) is 0.480. The number of hydrogen-bond acceptors (Lipinski definition) is 4. The summed E-state index contributed by atoms with van der Waals surface area (Å²) in [7, 11) is 0. The minimum atomic E-state index is -0.856. The molecule has 0 spiro atoms. The lowest BCUT2D eigenvalue weighted by Crippen LogP contribution is -2.31. The third kappa shape index (κ3) is 3.74. The number of oxime groups is 1. The fraction of sp³-hybridized carbons (Fsp3) is 0.500. The van der Waals surface area contributed by atoms with E-state index in [1.807, 2.05) is 32.0 Å². The van der Waals surface area contributed by atoms with Crippen LogP contribution in [0.15, 0.2) is 23.4 Å². The van der Waals surface area contributed by atoms with Gasteiger partial charge in [-0.05, 0) is 44.9 Å². The van der Waals surface area contributed by atoms with E-state index in [-0.39, 0.29) is 6.61 Å². The molecule has 0 aliphatic heterocycles. The number of hydrogen-bond donors (Lipinski definition) is 2. The fourth-order valence-corrected chi connectivity index (χ4v) is 1.44. The number of aryl methyl sites for hydroxylation is 1. The molecule has 0 aliphatic rings. The zero-order chi connectivity index (χ0) is 13.8. The van der Waals surface area contributed by atoms with E-state index in [4.69, 9.17) is 9.94 Å². The number of aliphatic hydroxyl groups is 1. The maximum Gasteiger partial charge on any atom is 0.128 e. The summed E-state index contributed by atoms with van der Waals surface area (Å²) in [5.41, 5.74) is 1.41. The molecule has 1 aromatic carbocycles. The first kappa shape index (κ1) is 14.5. The van der Waals surface area contributed by atoms with Crippen LogP contribution in [0.4, 0.5) is 0 Å². The highest BCUT2D eigenvalue weighted by molar-refractivity contribution is 6.00. The molecule has 1 aromatic rings. The molecule has 1 atom stereocenters. The van der Waals surface area contributed by atoms with Crippen LogP contribution in [0, 0.1) is 6.92 Å². The second-order valence-electron chi connectivity index (χ2n) is 4.82. The van der Waals surface area contributed by atoms with Crippen LogP contribution in [0.25, 0.3) is 0 Å². The van der Waals surface area contributed by atoms with E-state index in [1.54, 1.807) is 13.8 Å². The third-order valence-electron chi connectivity index (χ3n) is 2.98. The van der Waals surface area contributed by atoms with E-state index in [1.165, 1.54) is 0 Å². The molecule has 2 N–H and O–H groups in total. The molecule has 4 nitrogen and oxygen atoms in total. The van der Waals surface area contributed by atoms with Crippen molar-refractivity contribution in [1.29, 1.82) is 0 Å². The summed E-state index contributed by atoms with van der Waals surface area (Å²) in [6.45, 7) is 7.50. The molecule has 0 radical (unpaired) electrons. The lowest BCUT2D eigenvalue weighted by molar-refractivity contribution is 0.00839. The zero-order valence-electron chi connectivity index (χ0n) is 11.4. The first-order valence-electron chi connectivity index (χ1n) is 6.04. The molecule has 0 saturated heterocycles. The van der Waals surface area contributed by atoms with Gasteiger partial charge in [-0.15, -0.1) is 0 Å². The number of nitrogens with zero attached hydrogens (tertiary/aromatic N) is 1. The van der Waals surface area contributed by atoms with Gasteiger partial charge >= 0.3 is 0 Å². The molecule has 0 heterocycles. The van der Waals surface area contributed by atoms with Crippen molar-refractivity contribution in [3.63, 3.8) is 0 Å². The molecule has 0 saturated carbocycles. The number of rotatable bonds is 5. The van der Waals surface area contributed by atoms with E-state index in [0.29, 0.717) is 17.9 Å². The Morgan fingerprint density at radius 3 is 2.67 bits per heavy atom. The smallest absolute Gasteiger partial charge is 0.128 e. The highest BCUT2D eigenvalue weighted by atomic mass is 16.5. The van der Waals surface area contributed by atoms with Gasteiger partial charge in [-0.2, -0.15) is 0 Å². The second-order valence-corrected chi connectivity index (χ2v) is 4.82. The molecular formula is C14H21NO3. The van der Waals surface area contributed by atoms with E-state index in [0.717, 1.165) is 11.1 Å². The van der Waals surface area contributed by atoms with Crippen molar-refractivity contribution >= 4 is 5.71 Å². The standard InChI is InChI=1S/C14H21NO3/c1-5-14(4,16)9-18-13-8-10(2)6-7-12(13)11(3)15-17/h6-8,16-17H,5,9H2,1-4H3/b15-11+. The lowest BCUT2D eigenvalue weighted by Gasteiger charge is -2.22. The topological polar surface area (TPSA) is 62.0 Å². The Bertz CT molecular complexity index is 439. The molecule has 0 bridgehead atoms. The summed E-state index contributed by atoms with van der Waals surface area (Å²) in [6.07, 6.45) is 0.612. The van der Waals surface area contributed by atoms with Gasteiger partial charge in [-0.25, -0.2) is 0 Å². The van der Waals surface area contributed by atoms with Crippen molar-refractivity contribution in [2.45, 2.75) is 39.7 Å². The van der Waals surface area contributed by atoms with Gasteiger partial charge in [0.1, 0.15) is 12.4 Å². The van der Waals surface area contributed by atoms with Gasteiger partial charge < -0.3 is 15.1 Å². The summed E-state index contributed by atoms with van der Waals surface area (Å²) in [5, 5.41) is 22.0. The zero-order valence-corrected chi connectivity index (χ0v) is 11.4. The summed E-state index contributed by atoms with van der Waals surface area (Å²) in [6, 6.07) is 5.64. The van der Waals surface area contributed by atoms with E-state index in [2.05, 4.69) is 5.16 Å². The van der Waals surface area contributed by atoms with Crippen LogP contribution < -0.4 is 4.74 Å². The Labute approximate surface area is 108 Å². The van der Waals surface area contributed by atoms with Crippen molar-refractivity contribution in [2.24, 2.45) is 5.16 Å². The maximum absolute atomic E-state index is 9.94. The SMILES string of the molecule is CCC(C)(O)COc1cc(C)ccc1/C(C)=N/O. The molecule has 4 heteroatoms. The van der Waals surface area contributed by atoms with Gasteiger partial charge in [0.15, 0.2) is 0 Å². The summed E-state index contributed by atoms with van der Waals surface area (Å²) >= 11 is 0. The largest absolute Gasteiger partial charge is 0.490 e. The van der Waals surface area contributed by atoms with Crippen LogP contribution in [0.5, 0.6) is 5.75 Å². The predicted octanol–water partition coefficient (Wildman–Crippen LogP) is 2.73. The Morgan fingerprint density at radius 2 is 2.11 bits per heavy atom. The Balaban J connectivity index is 2.96. The average Bonchev–Trinajstić information content (AvgIpc) is 2.36. The summed E-state index contributed by atoms with van der Waals surface area (Å²) in [4.78, 5) is 0. The number of benzene rings is 1. The van der Waals surface area contributed by atoms with Crippen molar-refractivity contribution in [2.75, 3.05) is 6.61 Å². The fourth-order valence-electron chi connectivity index (χ4n) is 1.44. The van der Waals surface area contributed by atoms with Crippen LogP contribution in [-0.2, 0) is 0 Å². The molecule has 0 amide bonds. The minimum Gasteiger partial charge on any atom is -0.490 e. The maximum atomic E-state index is 9.94. The van der Waals surface area contributed by atoms with Crippen molar-refractivity contribution in [3.8, 4) is 5.75 Å². The van der Waals surface area contributed by atoms with Crippen molar-refractivity contribution in [3.05, 3.63) is 29.3 Å². The summed E-state index contributed by atoms with van der Waals surface area (Å²) < 4.78 is 5.65. The highest BCUT2D eigenvalue weighted by Gasteiger charge is 2.19. The van der Waals surface area contributed by atoms with Gasteiger partial charge in [-0.1, -0.05) is 18.1 Å². The Kier molecular flexibility index (Phi) is 4.73. The Morgan fingerprint density at radius 1 is 1.44 bits per heavy atom. The third-order valence-corrected chi connectivity index (χ3v) is 2.98. The monoisotopic (exact) mass is 251 g/mol. The van der Waals surface area contributed by atoms with Gasteiger partial charge in [0, 0.05) is 5.56 Å². The molecule has 1 rings (SSSR count). The van der Waals surface area contributed by atoms with Crippen molar-refractivity contribution < 1.29 is 15.1 Å². The first-order chi connectivity index (χ1) is 8.39. The van der Waals surface area contributed by atoms with Crippen molar-refractivity contribution in [1.82, 2.24) is 0 Å². The van der Waals surface area contributed by atoms with Crippen LogP contribution >= 0.6 is 0 Å². The van der Waals surface area contributed by atoms with E-state index < -0.39 is 5.60 Å². The van der Waals surface area contributed by atoms with Crippen LogP contribution in [0.3, 0.4) is 0 Å². The summed E-state index contributed by atoms with van der Waals surface area (Å²) in [5.74, 6) is 0.624.